The van der Waals surface area contributed by atoms with Gasteiger partial charge in [-0.3, -0.25) is 4.79 Å². The van der Waals surface area contributed by atoms with Gasteiger partial charge in [-0.05, 0) is 31.4 Å². The SMILES string of the molecule is CCNC(=NCC(=O)Nc1ccccc1)NC1CC1C.I. The Morgan fingerprint density at radius 3 is 2.57 bits per heavy atom. The predicted octanol–water partition coefficient (Wildman–Crippen LogP) is 2.21. The van der Waals surface area contributed by atoms with Crippen LogP contribution in [0.2, 0.25) is 0 Å². The van der Waals surface area contributed by atoms with E-state index in [1.807, 2.05) is 37.3 Å². The quantitative estimate of drug-likeness (QED) is 0.402. The molecule has 2 atom stereocenters. The van der Waals surface area contributed by atoms with Crippen molar-refractivity contribution in [3.05, 3.63) is 30.3 Å². The number of carbonyl (C=O) groups is 1. The molecule has 1 fully saturated rings. The number of para-hydroxylation sites is 1. The lowest BCUT2D eigenvalue weighted by Crippen LogP contribution is -2.39. The lowest BCUT2D eigenvalue weighted by molar-refractivity contribution is -0.114. The van der Waals surface area contributed by atoms with Gasteiger partial charge in [0, 0.05) is 18.3 Å². The zero-order chi connectivity index (χ0) is 14.4. The molecule has 2 rings (SSSR count). The molecule has 6 heteroatoms. The third kappa shape index (κ3) is 6.33. The highest BCUT2D eigenvalue weighted by Crippen LogP contribution is 2.28. The number of rotatable bonds is 5. The molecular weight excluding hydrogens is 379 g/mol. The first kappa shape index (κ1) is 17.7. The number of nitrogens with zero attached hydrogens (tertiary/aromatic N) is 1. The summed E-state index contributed by atoms with van der Waals surface area (Å²) in [5.41, 5.74) is 0.793. The van der Waals surface area contributed by atoms with Gasteiger partial charge in [-0.1, -0.05) is 25.1 Å². The van der Waals surface area contributed by atoms with Crippen molar-refractivity contribution < 1.29 is 4.79 Å². The Morgan fingerprint density at radius 1 is 1.33 bits per heavy atom. The lowest BCUT2D eigenvalue weighted by Gasteiger charge is -2.10. The fraction of sp³-hybridized carbons (Fsp3) is 0.467. The van der Waals surface area contributed by atoms with Gasteiger partial charge in [0.1, 0.15) is 6.54 Å². The Labute approximate surface area is 143 Å². The van der Waals surface area contributed by atoms with Crippen molar-refractivity contribution in [2.75, 3.05) is 18.4 Å². The third-order valence-corrected chi connectivity index (χ3v) is 3.21. The highest BCUT2D eigenvalue weighted by atomic mass is 127. The van der Waals surface area contributed by atoms with Crippen molar-refractivity contribution in [3.8, 4) is 0 Å². The van der Waals surface area contributed by atoms with E-state index in [0.29, 0.717) is 17.9 Å². The average molecular weight is 402 g/mol. The molecule has 5 nitrogen and oxygen atoms in total. The van der Waals surface area contributed by atoms with Gasteiger partial charge in [0.05, 0.1) is 0 Å². The van der Waals surface area contributed by atoms with Gasteiger partial charge in [0.15, 0.2) is 5.96 Å². The van der Waals surface area contributed by atoms with Gasteiger partial charge >= 0.3 is 0 Å². The summed E-state index contributed by atoms with van der Waals surface area (Å²) in [6.45, 7) is 5.11. The second-order valence-electron chi connectivity index (χ2n) is 5.07. The number of hydrogen-bond donors (Lipinski definition) is 3. The normalized spacial score (nSPS) is 20.2. The monoisotopic (exact) mass is 402 g/mol. The number of aliphatic imine (C=N–C) groups is 1. The van der Waals surface area contributed by atoms with Crippen LogP contribution in [0.5, 0.6) is 0 Å². The third-order valence-electron chi connectivity index (χ3n) is 3.21. The predicted molar refractivity (Wildman–Crippen MR) is 97.2 cm³/mol. The first-order chi connectivity index (χ1) is 9.69. The largest absolute Gasteiger partial charge is 0.357 e. The zero-order valence-electron chi connectivity index (χ0n) is 12.4. The Morgan fingerprint density at radius 2 is 2.00 bits per heavy atom. The molecular formula is C15H23IN4O. The second-order valence-corrected chi connectivity index (χ2v) is 5.07. The minimum Gasteiger partial charge on any atom is -0.357 e. The van der Waals surface area contributed by atoms with Crippen molar-refractivity contribution in [3.63, 3.8) is 0 Å². The molecule has 0 heterocycles. The zero-order valence-corrected chi connectivity index (χ0v) is 14.8. The number of nitrogens with one attached hydrogen (secondary N) is 3. The first-order valence-corrected chi connectivity index (χ1v) is 7.08. The molecule has 1 aliphatic carbocycles. The van der Waals surface area contributed by atoms with Gasteiger partial charge in [-0.15, -0.1) is 24.0 Å². The molecule has 1 aromatic rings. The van der Waals surface area contributed by atoms with Crippen LogP contribution in [-0.2, 0) is 4.79 Å². The number of benzene rings is 1. The topological polar surface area (TPSA) is 65.5 Å². The molecule has 1 aromatic carbocycles. The summed E-state index contributed by atoms with van der Waals surface area (Å²) in [6.07, 6.45) is 1.17. The maximum absolute atomic E-state index is 11.8. The van der Waals surface area contributed by atoms with Crippen LogP contribution in [0.3, 0.4) is 0 Å². The summed E-state index contributed by atoms with van der Waals surface area (Å²) < 4.78 is 0. The van der Waals surface area contributed by atoms with E-state index in [2.05, 4.69) is 27.9 Å². The van der Waals surface area contributed by atoms with Crippen molar-refractivity contribution in [2.45, 2.75) is 26.3 Å². The number of hydrogen-bond acceptors (Lipinski definition) is 2. The molecule has 1 aliphatic rings. The molecule has 1 saturated carbocycles. The van der Waals surface area contributed by atoms with Crippen LogP contribution >= 0.6 is 24.0 Å². The lowest BCUT2D eigenvalue weighted by atomic mass is 10.3. The Kier molecular flexibility index (Phi) is 7.49. The summed E-state index contributed by atoms with van der Waals surface area (Å²) in [5, 5.41) is 9.29. The van der Waals surface area contributed by atoms with Crippen molar-refractivity contribution in [2.24, 2.45) is 10.9 Å². The van der Waals surface area contributed by atoms with Gasteiger partial charge in [-0.25, -0.2) is 4.99 Å². The van der Waals surface area contributed by atoms with Crippen LogP contribution in [0.15, 0.2) is 35.3 Å². The summed E-state index contributed by atoms with van der Waals surface area (Å²) in [5.74, 6) is 1.29. The van der Waals surface area contributed by atoms with Crippen LogP contribution in [-0.4, -0.2) is 31.0 Å². The second kappa shape index (κ2) is 8.86. The molecule has 3 N–H and O–H groups in total. The van der Waals surface area contributed by atoms with Crippen LogP contribution in [0.4, 0.5) is 5.69 Å². The molecule has 0 bridgehead atoms. The van der Waals surface area contributed by atoms with E-state index in [9.17, 15) is 4.79 Å². The molecule has 0 aromatic heterocycles. The van der Waals surface area contributed by atoms with E-state index in [0.717, 1.165) is 12.2 Å². The van der Waals surface area contributed by atoms with Gasteiger partial charge in [-0.2, -0.15) is 0 Å². The van der Waals surface area contributed by atoms with Gasteiger partial charge in [0.2, 0.25) is 5.91 Å². The molecule has 1 amide bonds. The molecule has 21 heavy (non-hydrogen) atoms. The molecule has 0 spiro atoms. The van der Waals surface area contributed by atoms with E-state index in [-0.39, 0.29) is 36.4 Å². The van der Waals surface area contributed by atoms with E-state index < -0.39 is 0 Å². The van der Waals surface area contributed by atoms with Crippen molar-refractivity contribution in [1.29, 1.82) is 0 Å². The summed E-state index contributed by atoms with van der Waals surface area (Å²) in [7, 11) is 0. The average Bonchev–Trinajstić information content (AvgIpc) is 3.13. The molecule has 0 saturated heterocycles. The molecule has 0 aliphatic heterocycles. The smallest absolute Gasteiger partial charge is 0.246 e. The Hall–Kier alpha value is -1.31. The fourth-order valence-corrected chi connectivity index (χ4v) is 1.89. The van der Waals surface area contributed by atoms with Crippen LogP contribution in [0.1, 0.15) is 20.3 Å². The van der Waals surface area contributed by atoms with Gasteiger partial charge < -0.3 is 16.0 Å². The maximum atomic E-state index is 11.8. The molecule has 0 radical (unpaired) electrons. The van der Waals surface area contributed by atoms with E-state index in [1.54, 1.807) is 0 Å². The number of carbonyl (C=O) groups excluding carboxylic acids is 1. The fourth-order valence-electron chi connectivity index (χ4n) is 1.89. The number of anilines is 1. The minimum absolute atomic E-state index is 0. The summed E-state index contributed by atoms with van der Waals surface area (Å²) in [4.78, 5) is 16.1. The summed E-state index contributed by atoms with van der Waals surface area (Å²) in [6, 6.07) is 9.90. The van der Waals surface area contributed by atoms with Crippen LogP contribution < -0.4 is 16.0 Å². The molecule has 116 valence electrons. The number of amides is 1. The minimum atomic E-state index is -0.114. The summed E-state index contributed by atoms with van der Waals surface area (Å²) >= 11 is 0. The van der Waals surface area contributed by atoms with E-state index >= 15 is 0 Å². The van der Waals surface area contributed by atoms with Gasteiger partial charge in [0.25, 0.3) is 0 Å². The number of guanidine groups is 1. The van der Waals surface area contributed by atoms with Crippen LogP contribution in [0.25, 0.3) is 0 Å². The Bertz CT molecular complexity index is 478. The van der Waals surface area contributed by atoms with E-state index in [1.165, 1.54) is 6.42 Å². The van der Waals surface area contributed by atoms with Crippen molar-refractivity contribution in [1.82, 2.24) is 10.6 Å². The van der Waals surface area contributed by atoms with Crippen LogP contribution in [0, 0.1) is 5.92 Å². The maximum Gasteiger partial charge on any atom is 0.246 e. The Balaban J connectivity index is 0.00000220. The standard InChI is InChI=1S/C15H22N4O.HI/c1-3-16-15(19-13-9-11(13)2)17-10-14(20)18-12-7-5-4-6-8-12;/h4-8,11,13H,3,9-10H2,1-2H3,(H,18,20)(H2,16,17,19);1H. The number of halogens is 1. The highest BCUT2D eigenvalue weighted by Gasteiger charge is 2.33. The van der Waals surface area contributed by atoms with E-state index in [4.69, 9.17) is 0 Å². The molecule has 2 unspecified atom stereocenters. The first-order valence-electron chi connectivity index (χ1n) is 7.08. The van der Waals surface area contributed by atoms with Crippen molar-refractivity contribution >= 4 is 41.5 Å². The highest BCUT2D eigenvalue weighted by molar-refractivity contribution is 14.0.